The average Bonchev–Trinajstić information content (AvgIpc) is 3.36. The van der Waals surface area contributed by atoms with Crippen molar-refractivity contribution < 1.29 is 19.4 Å². The molecule has 2 heterocycles. The molecule has 3 aromatic rings. The van der Waals surface area contributed by atoms with Crippen molar-refractivity contribution in [3.63, 3.8) is 0 Å². The minimum Gasteiger partial charge on any atom is -0.507 e. The van der Waals surface area contributed by atoms with Crippen LogP contribution in [0.1, 0.15) is 29.3 Å². The van der Waals surface area contributed by atoms with E-state index in [0.29, 0.717) is 30.0 Å². The van der Waals surface area contributed by atoms with E-state index >= 15 is 0 Å². The Hall–Kier alpha value is -3.91. The summed E-state index contributed by atoms with van der Waals surface area (Å²) in [5.41, 5.74) is 2.71. The van der Waals surface area contributed by atoms with E-state index in [1.807, 2.05) is 68.4 Å². The zero-order valence-corrected chi connectivity index (χ0v) is 20.4. The summed E-state index contributed by atoms with van der Waals surface area (Å²) in [6.07, 6.45) is 2.22. The molecule has 8 nitrogen and oxygen atoms in total. The fourth-order valence-electron chi connectivity index (χ4n) is 4.42. The number of para-hydroxylation sites is 1. The van der Waals surface area contributed by atoms with Gasteiger partial charge in [0.05, 0.1) is 41.9 Å². The quantitative estimate of drug-likeness (QED) is 0.305. The molecule has 1 fully saturated rings. The second kappa shape index (κ2) is 10.1. The van der Waals surface area contributed by atoms with Gasteiger partial charge in [0.1, 0.15) is 11.5 Å². The first kappa shape index (κ1) is 24.2. The topological polar surface area (TPSA) is 87.9 Å². The number of benzene rings is 2. The molecule has 182 valence electrons. The molecule has 1 amide bonds. The normalized spacial score (nSPS) is 17.4. The van der Waals surface area contributed by atoms with Crippen molar-refractivity contribution in [1.82, 2.24) is 19.6 Å². The summed E-state index contributed by atoms with van der Waals surface area (Å²) < 4.78 is 6.97. The van der Waals surface area contributed by atoms with Gasteiger partial charge in [0.15, 0.2) is 0 Å². The van der Waals surface area contributed by atoms with Gasteiger partial charge in [0, 0.05) is 6.54 Å². The number of carbonyl (C=O) groups is 2. The molecule has 0 bridgehead atoms. The third-order valence-corrected chi connectivity index (χ3v) is 6.24. The van der Waals surface area contributed by atoms with Gasteiger partial charge in [-0.05, 0) is 63.8 Å². The standard InChI is InChI=1S/C27H30N4O4/c1-18-22(17-28-31(18)20-9-6-5-7-10-20)25(32)23-24(19-11-13-21(35-4)14-12-19)30(27(34)26(23)33)16-8-15-29(2)3/h5-7,9-14,17,24,32H,8,15-16H2,1-4H3/t24-/m0/s1. The first-order chi connectivity index (χ1) is 16.8. The molecule has 2 aromatic carbocycles. The van der Waals surface area contributed by atoms with Crippen molar-refractivity contribution in [3.05, 3.63) is 83.2 Å². The molecule has 1 aliphatic rings. The number of hydrogen-bond donors (Lipinski definition) is 1. The largest absolute Gasteiger partial charge is 0.507 e. The van der Waals surface area contributed by atoms with E-state index in [1.54, 1.807) is 28.8 Å². The lowest BCUT2D eigenvalue weighted by atomic mass is 9.95. The number of ether oxygens (including phenoxy) is 1. The van der Waals surface area contributed by atoms with E-state index in [9.17, 15) is 14.7 Å². The molecule has 0 unspecified atom stereocenters. The van der Waals surface area contributed by atoms with Gasteiger partial charge in [-0.25, -0.2) is 4.68 Å². The Morgan fingerprint density at radius 1 is 1.09 bits per heavy atom. The van der Waals surface area contributed by atoms with Crippen LogP contribution in [0.5, 0.6) is 5.75 Å². The molecule has 0 radical (unpaired) electrons. The van der Waals surface area contributed by atoms with Gasteiger partial charge in [0.2, 0.25) is 0 Å². The first-order valence-electron chi connectivity index (χ1n) is 11.5. The summed E-state index contributed by atoms with van der Waals surface area (Å²) in [5, 5.41) is 15.8. The lowest BCUT2D eigenvalue weighted by Gasteiger charge is -2.26. The molecule has 4 rings (SSSR count). The molecule has 1 saturated heterocycles. The highest BCUT2D eigenvalue weighted by molar-refractivity contribution is 6.46. The molecule has 1 atom stereocenters. The van der Waals surface area contributed by atoms with E-state index < -0.39 is 17.7 Å². The minimum absolute atomic E-state index is 0.0701. The van der Waals surface area contributed by atoms with Crippen molar-refractivity contribution in [2.24, 2.45) is 0 Å². The number of rotatable bonds is 8. The molecule has 1 aliphatic heterocycles. The van der Waals surface area contributed by atoms with Crippen LogP contribution in [0.2, 0.25) is 0 Å². The van der Waals surface area contributed by atoms with Gasteiger partial charge in [-0.1, -0.05) is 30.3 Å². The Balaban J connectivity index is 1.80. The second-order valence-electron chi connectivity index (χ2n) is 8.81. The monoisotopic (exact) mass is 474 g/mol. The smallest absolute Gasteiger partial charge is 0.295 e. The minimum atomic E-state index is -0.706. The van der Waals surface area contributed by atoms with E-state index in [1.165, 1.54) is 6.20 Å². The molecule has 8 heteroatoms. The van der Waals surface area contributed by atoms with Crippen LogP contribution >= 0.6 is 0 Å². The predicted molar refractivity (Wildman–Crippen MR) is 133 cm³/mol. The molecular formula is C27H30N4O4. The molecule has 1 aromatic heterocycles. The molecule has 35 heavy (non-hydrogen) atoms. The third kappa shape index (κ3) is 4.70. The molecule has 0 spiro atoms. The van der Waals surface area contributed by atoms with Crippen LogP contribution in [-0.2, 0) is 9.59 Å². The third-order valence-electron chi connectivity index (χ3n) is 6.24. The summed E-state index contributed by atoms with van der Waals surface area (Å²) >= 11 is 0. The Kier molecular flexibility index (Phi) is 7.02. The summed E-state index contributed by atoms with van der Waals surface area (Å²) in [6.45, 7) is 2.98. The summed E-state index contributed by atoms with van der Waals surface area (Å²) in [7, 11) is 5.50. The summed E-state index contributed by atoms with van der Waals surface area (Å²) in [5.74, 6) is -0.864. The zero-order valence-electron chi connectivity index (χ0n) is 20.4. The predicted octanol–water partition coefficient (Wildman–Crippen LogP) is 3.56. The summed E-state index contributed by atoms with van der Waals surface area (Å²) in [6, 6.07) is 16.0. The number of hydrogen-bond acceptors (Lipinski definition) is 6. The van der Waals surface area contributed by atoms with Crippen molar-refractivity contribution in [1.29, 1.82) is 0 Å². The number of ketones is 1. The van der Waals surface area contributed by atoms with Crippen LogP contribution in [-0.4, -0.2) is 70.7 Å². The lowest BCUT2D eigenvalue weighted by Crippen LogP contribution is -2.32. The SMILES string of the molecule is COc1ccc([C@H]2C(=C(O)c3cnn(-c4ccccc4)c3C)C(=O)C(=O)N2CCCN(C)C)cc1. The highest BCUT2D eigenvalue weighted by Gasteiger charge is 2.46. The number of aromatic nitrogens is 2. The van der Waals surface area contributed by atoms with E-state index in [4.69, 9.17) is 4.74 Å². The average molecular weight is 475 g/mol. The Labute approximate surface area is 205 Å². The van der Waals surface area contributed by atoms with Gasteiger partial charge in [-0.3, -0.25) is 9.59 Å². The van der Waals surface area contributed by atoms with E-state index in [2.05, 4.69) is 5.10 Å². The number of methoxy groups -OCH3 is 1. The van der Waals surface area contributed by atoms with Gasteiger partial charge in [-0.15, -0.1) is 0 Å². The van der Waals surface area contributed by atoms with Crippen molar-refractivity contribution >= 4 is 17.4 Å². The highest BCUT2D eigenvalue weighted by atomic mass is 16.5. The van der Waals surface area contributed by atoms with Gasteiger partial charge >= 0.3 is 0 Å². The number of carbonyl (C=O) groups excluding carboxylic acids is 2. The molecule has 1 N–H and O–H groups in total. The number of Topliss-reactive ketones (excluding diaryl/α,β-unsaturated/α-hetero) is 1. The van der Waals surface area contributed by atoms with E-state index in [-0.39, 0.29) is 11.3 Å². The van der Waals surface area contributed by atoms with Crippen LogP contribution in [0.3, 0.4) is 0 Å². The lowest BCUT2D eigenvalue weighted by molar-refractivity contribution is -0.139. The summed E-state index contributed by atoms with van der Waals surface area (Å²) in [4.78, 5) is 29.9. The number of amides is 1. The Morgan fingerprint density at radius 3 is 2.40 bits per heavy atom. The van der Waals surface area contributed by atoms with Crippen molar-refractivity contribution in [2.75, 3.05) is 34.3 Å². The Bertz CT molecular complexity index is 1250. The van der Waals surface area contributed by atoms with Gasteiger partial charge in [-0.2, -0.15) is 5.10 Å². The van der Waals surface area contributed by atoms with Crippen molar-refractivity contribution in [3.8, 4) is 11.4 Å². The second-order valence-corrected chi connectivity index (χ2v) is 8.81. The van der Waals surface area contributed by atoms with Gasteiger partial charge in [0.25, 0.3) is 11.7 Å². The number of aliphatic hydroxyl groups excluding tert-OH is 1. The maximum Gasteiger partial charge on any atom is 0.295 e. The Morgan fingerprint density at radius 2 is 1.77 bits per heavy atom. The number of likely N-dealkylation sites (tertiary alicyclic amines) is 1. The van der Waals surface area contributed by atoms with E-state index in [0.717, 1.165) is 17.8 Å². The number of aliphatic hydroxyl groups is 1. The molecular weight excluding hydrogens is 444 g/mol. The van der Waals surface area contributed by atoms with Crippen LogP contribution in [0.25, 0.3) is 11.4 Å². The number of nitrogens with zero attached hydrogens (tertiary/aromatic N) is 4. The fourth-order valence-corrected chi connectivity index (χ4v) is 4.42. The molecule has 0 aliphatic carbocycles. The molecule has 0 saturated carbocycles. The maximum absolute atomic E-state index is 13.3. The van der Waals surface area contributed by atoms with Gasteiger partial charge < -0.3 is 19.6 Å². The van der Waals surface area contributed by atoms with Crippen LogP contribution < -0.4 is 4.74 Å². The fraction of sp³-hybridized carbons (Fsp3) is 0.296. The zero-order chi connectivity index (χ0) is 25.1. The highest BCUT2D eigenvalue weighted by Crippen LogP contribution is 2.40. The van der Waals surface area contributed by atoms with Crippen LogP contribution in [0.15, 0.2) is 66.4 Å². The maximum atomic E-state index is 13.3. The first-order valence-corrected chi connectivity index (χ1v) is 11.5. The van der Waals surface area contributed by atoms with Crippen molar-refractivity contribution in [2.45, 2.75) is 19.4 Å². The van der Waals surface area contributed by atoms with Crippen LogP contribution in [0, 0.1) is 6.92 Å². The van der Waals surface area contributed by atoms with Crippen LogP contribution in [0.4, 0.5) is 0 Å².